The molecule has 3 N–H and O–H groups in total. The molecule has 1 aromatic rings. The summed E-state index contributed by atoms with van der Waals surface area (Å²) in [6, 6.07) is 8.01. The average molecular weight is 351 g/mol. The first kappa shape index (κ1) is 22.4. The molecule has 7 heteroatoms. The largest absolute Gasteiger partial charge is 0.491 e. The summed E-state index contributed by atoms with van der Waals surface area (Å²) in [6.07, 6.45) is 4.53. The highest BCUT2D eigenvalue weighted by molar-refractivity contribution is 6.27. The maximum absolute atomic E-state index is 9.10. The highest BCUT2D eigenvalue weighted by Crippen LogP contribution is 2.18. The van der Waals surface area contributed by atoms with Gasteiger partial charge in [0.2, 0.25) is 0 Å². The lowest BCUT2D eigenvalue weighted by atomic mass is 10.1. The molecule has 0 saturated heterocycles. The topological polar surface area (TPSA) is 105 Å². The van der Waals surface area contributed by atoms with Gasteiger partial charge in [0.1, 0.15) is 12.4 Å². The Morgan fingerprint density at radius 1 is 1.04 bits per heavy atom. The van der Waals surface area contributed by atoms with Crippen LogP contribution in [-0.2, 0) is 20.7 Å². The van der Waals surface area contributed by atoms with Gasteiger partial charge in [-0.25, -0.2) is 9.59 Å². The Kier molecular flexibility index (Phi) is 13.3. The Bertz CT molecular complexity index is 532. The second kappa shape index (κ2) is 14.9. The van der Waals surface area contributed by atoms with Gasteiger partial charge in [-0.1, -0.05) is 30.4 Å². The van der Waals surface area contributed by atoms with Gasteiger partial charge in [0.15, 0.2) is 0 Å². The van der Waals surface area contributed by atoms with Gasteiger partial charge in [0.25, 0.3) is 0 Å². The SMILES string of the molecule is C=CCNCCOCCOc1ccccc1CC=C.O=C(O)C(=O)O. The Morgan fingerprint density at radius 2 is 1.72 bits per heavy atom. The number of hydrogen-bond donors (Lipinski definition) is 3. The third-order valence-electron chi connectivity index (χ3n) is 2.72. The van der Waals surface area contributed by atoms with E-state index in [0.717, 1.165) is 30.8 Å². The first-order valence-electron chi connectivity index (χ1n) is 7.70. The van der Waals surface area contributed by atoms with Crippen molar-refractivity contribution >= 4 is 11.9 Å². The van der Waals surface area contributed by atoms with Crippen LogP contribution in [0.5, 0.6) is 5.75 Å². The Labute approximate surface area is 147 Å². The van der Waals surface area contributed by atoms with Crippen LogP contribution in [0.2, 0.25) is 0 Å². The first-order chi connectivity index (χ1) is 12.0. The number of carboxylic acid groups (broad SMARTS) is 2. The Morgan fingerprint density at radius 3 is 2.32 bits per heavy atom. The molecule has 138 valence electrons. The summed E-state index contributed by atoms with van der Waals surface area (Å²) in [5.41, 5.74) is 1.16. The second-order valence-corrected chi connectivity index (χ2v) is 4.66. The molecule has 7 nitrogen and oxygen atoms in total. The summed E-state index contributed by atoms with van der Waals surface area (Å²) in [4.78, 5) is 18.2. The van der Waals surface area contributed by atoms with Gasteiger partial charge in [-0.3, -0.25) is 0 Å². The number of aliphatic carboxylic acids is 2. The van der Waals surface area contributed by atoms with E-state index >= 15 is 0 Å². The normalized spacial score (nSPS) is 9.44. The quantitative estimate of drug-likeness (QED) is 0.317. The number of hydrogen-bond acceptors (Lipinski definition) is 5. The molecule has 0 radical (unpaired) electrons. The van der Waals surface area contributed by atoms with E-state index in [9.17, 15) is 0 Å². The standard InChI is InChI=1S/C16H23NO2.C2H2O4/c1-3-7-15-8-5-6-9-16(15)19-14-13-18-12-11-17-10-4-2;3-1(4)2(5)6/h3-6,8-9,17H,1-2,7,10-14H2;(H,3,4)(H,5,6). The van der Waals surface area contributed by atoms with Crippen molar-refractivity contribution in [1.29, 1.82) is 0 Å². The first-order valence-corrected chi connectivity index (χ1v) is 7.70. The summed E-state index contributed by atoms with van der Waals surface area (Å²) >= 11 is 0. The number of carboxylic acids is 2. The van der Waals surface area contributed by atoms with E-state index in [1.165, 1.54) is 0 Å². The maximum Gasteiger partial charge on any atom is 0.414 e. The summed E-state index contributed by atoms with van der Waals surface area (Å²) in [7, 11) is 0. The van der Waals surface area contributed by atoms with E-state index in [1.54, 1.807) is 0 Å². The van der Waals surface area contributed by atoms with Crippen LogP contribution in [0.3, 0.4) is 0 Å². The Balaban J connectivity index is 0.000000823. The zero-order chi connectivity index (χ0) is 18.9. The minimum atomic E-state index is -1.82. The molecule has 0 aliphatic carbocycles. The van der Waals surface area contributed by atoms with Crippen LogP contribution in [0.15, 0.2) is 49.6 Å². The fourth-order valence-electron chi connectivity index (χ4n) is 1.63. The lowest BCUT2D eigenvalue weighted by molar-refractivity contribution is -0.159. The summed E-state index contributed by atoms with van der Waals surface area (Å²) in [6.45, 7) is 10.9. The second-order valence-electron chi connectivity index (χ2n) is 4.66. The smallest absolute Gasteiger partial charge is 0.414 e. The van der Waals surface area contributed by atoms with Crippen molar-refractivity contribution in [2.24, 2.45) is 0 Å². The van der Waals surface area contributed by atoms with Crippen LogP contribution in [0.4, 0.5) is 0 Å². The van der Waals surface area contributed by atoms with E-state index in [2.05, 4.69) is 24.5 Å². The number of para-hydroxylation sites is 1. The summed E-state index contributed by atoms with van der Waals surface area (Å²) in [5, 5.41) is 18.0. The van der Waals surface area contributed by atoms with Crippen molar-refractivity contribution in [3.8, 4) is 5.75 Å². The van der Waals surface area contributed by atoms with Crippen molar-refractivity contribution in [1.82, 2.24) is 5.32 Å². The van der Waals surface area contributed by atoms with Crippen LogP contribution in [0.1, 0.15) is 5.56 Å². The lowest BCUT2D eigenvalue weighted by Crippen LogP contribution is -2.20. The zero-order valence-corrected chi connectivity index (χ0v) is 14.1. The van der Waals surface area contributed by atoms with Crippen molar-refractivity contribution < 1.29 is 29.3 Å². The summed E-state index contributed by atoms with van der Waals surface area (Å²) in [5.74, 6) is -2.74. The minimum Gasteiger partial charge on any atom is -0.491 e. The van der Waals surface area contributed by atoms with E-state index in [-0.39, 0.29) is 0 Å². The van der Waals surface area contributed by atoms with Gasteiger partial charge in [-0.15, -0.1) is 13.2 Å². The highest BCUT2D eigenvalue weighted by atomic mass is 16.5. The van der Waals surface area contributed by atoms with Crippen molar-refractivity contribution in [3.05, 3.63) is 55.1 Å². The summed E-state index contributed by atoms with van der Waals surface area (Å²) < 4.78 is 11.2. The molecule has 0 fully saturated rings. The molecule has 0 unspecified atom stereocenters. The number of nitrogens with one attached hydrogen (secondary N) is 1. The average Bonchev–Trinajstić information content (AvgIpc) is 2.59. The minimum absolute atomic E-state index is 0.565. The highest BCUT2D eigenvalue weighted by Gasteiger charge is 2.04. The van der Waals surface area contributed by atoms with Crippen molar-refractivity contribution in [3.63, 3.8) is 0 Å². The van der Waals surface area contributed by atoms with E-state index in [4.69, 9.17) is 29.3 Å². The van der Waals surface area contributed by atoms with Crippen LogP contribution >= 0.6 is 0 Å². The number of ether oxygens (including phenoxy) is 2. The van der Waals surface area contributed by atoms with Crippen molar-refractivity contribution in [2.75, 3.05) is 32.9 Å². The number of carbonyl (C=O) groups is 2. The van der Waals surface area contributed by atoms with Gasteiger partial charge in [-0.2, -0.15) is 0 Å². The molecular formula is C18H25NO6. The van der Waals surface area contributed by atoms with Gasteiger partial charge >= 0.3 is 11.9 Å². The molecule has 0 heterocycles. The third-order valence-corrected chi connectivity index (χ3v) is 2.72. The molecule has 0 saturated carbocycles. The third kappa shape index (κ3) is 12.4. The maximum atomic E-state index is 9.10. The molecular weight excluding hydrogens is 326 g/mol. The molecule has 1 aromatic carbocycles. The van der Waals surface area contributed by atoms with Gasteiger partial charge < -0.3 is 25.0 Å². The molecule has 0 atom stereocenters. The van der Waals surface area contributed by atoms with E-state index < -0.39 is 11.9 Å². The van der Waals surface area contributed by atoms with Crippen LogP contribution in [0.25, 0.3) is 0 Å². The molecule has 0 amide bonds. The van der Waals surface area contributed by atoms with Crippen LogP contribution < -0.4 is 10.1 Å². The molecule has 0 spiro atoms. The fourth-order valence-corrected chi connectivity index (χ4v) is 1.63. The zero-order valence-electron chi connectivity index (χ0n) is 14.1. The lowest BCUT2D eigenvalue weighted by Gasteiger charge is -2.10. The Hall–Kier alpha value is -2.64. The van der Waals surface area contributed by atoms with Gasteiger partial charge in [-0.05, 0) is 18.1 Å². The molecule has 0 aliphatic rings. The number of benzene rings is 1. The van der Waals surface area contributed by atoms with Gasteiger partial charge in [0.05, 0.1) is 13.2 Å². The van der Waals surface area contributed by atoms with E-state index in [1.807, 2.05) is 30.4 Å². The predicted octanol–water partition coefficient (Wildman–Crippen LogP) is 1.74. The van der Waals surface area contributed by atoms with Crippen LogP contribution in [-0.4, -0.2) is 55.1 Å². The predicted molar refractivity (Wildman–Crippen MR) is 95.0 cm³/mol. The van der Waals surface area contributed by atoms with E-state index in [0.29, 0.717) is 19.8 Å². The van der Waals surface area contributed by atoms with Crippen LogP contribution in [0, 0.1) is 0 Å². The molecule has 1 rings (SSSR count). The monoisotopic (exact) mass is 351 g/mol. The molecule has 0 bridgehead atoms. The molecule has 0 aliphatic heterocycles. The van der Waals surface area contributed by atoms with Gasteiger partial charge in [0, 0.05) is 13.1 Å². The van der Waals surface area contributed by atoms with Crippen molar-refractivity contribution in [2.45, 2.75) is 6.42 Å². The molecule has 0 aromatic heterocycles. The number of allylic oxidation sites excluding steroid dienone is 1. The molecule has 25 heavy (non-hydrogen) atoms. The number of rotatable bonds is 11. The fraction of sp³-hybridized carbons (Fsp3) is 0.333.